The Morgan fingerprint density at radius 2 is 0.792 bits per heavy atom. The van der Waals surface area contributed by atoms with Crippen molar-refractivity contribution in [3.05, 3.63) is 93.6 Å². The van der Waals surface area contributed by atoms with Crippen molar-refractivity contribution < 1.29 is 8.83 Å². The molecular weight excluding hydrogens is 304 g/mol. The van der Waals surface area contributed by atoms with E-state index in [1.54, 1.807) is 60.7 Å². The minimum atomic E-state index is -0.495. The number of rotatable bonds is 0. The fraction of sp³-hybridized carbons (Fsp3) is 0. The van der Waals surface area contributed by atoms with Gasteiger partial charge in [0.25, 0.3) is 0 Å². The fourth-order valence-electron chi connectivity index (χ4n) is 2.72. The quantitative estimate of drug-likeness (QED) is 0.488. The van der Waals surface area contributed by atoms with Gasteiger partial charge in [0, 0.05) is 0 Å². The first kappa shape index (κ1) is 14.2. The number of hydrogen-bond acceptors (Lipinski definition) is 4. The van der Waals surface area contributed by atoms with E-state index in [0.717, 1.165) is 0 Å². The molecule has 0 fully saturated rings. The molecule has 116 valence electrons. The van der Waals surface area contributed by atoms with Gasteiger partial charge in [0.15, 0.2) is 11.2 Å². The number of hydrogen-bond donors (Lipinski definition) is 0. The first-order valence-corrected chi connectivity index (χ1v) is 7.46. The van der Waals surface area contributed by atoms with Crippen molar-refractivity contribution in [3.63, 3.8) is 0 Å². The summed E-state index contributed by atoms with van der Waals surface area (Å²) in [6, 6.07) is 20.7. The minimum absolute atomic E-state index is 0.213. The van der Waals surface area contributed by atoms with E-state index in [2.05, 4.69) is 0 Å². The number of fused-ring (bicyclic) bond motifs is 4. The SMILES string of the molecule is O=c1oc2ccccc2oc(=O)c2ccccc2c2ccccc12. The van der Waals surface area contributed by atoms with Gasteiger partial charge in [0.2, 0.25) is 0 Å². The lowest BCUT2D eigenvalue weighted by Gasteiger charge is -1.98. The summed E-state index contributed by atoms with van der Waals surface area (Å²) in [5.74, 6) is 0. The van der Waals surface area contributed by atoms with Gasteiger partial charge in [-0.15, -0.1) is 0 Å². The van der Waals surface area contributed by atoms with Gasteiger partial charge in [-0.1, -0.05) is 48.5 Å². The van der Waals surface area contributed by atoms with Crippen LogP contribution in [0.3, 0.4) is 0 Å². The van der Waals surface area contributed by atoms with Crippen LogP contribution in [0.2, 0.25) is 0 Å². The van der Waals surface area contributed by atoms with Crippen molar-refractivity contribution in [1.29, 1.82) is 0 Å². The van der Waals surface area contributed by atoms with E-state index < -0.39 is 11.3 Å². The summed E-state index contributed by atoms with van der Waals surface area (Å²) < 4.78 is 10.9. The summed E-state index contributed by atoms with van der Waals surface area (Å²) in [5.41, 5.74) is -0.563. The maximum atomic E-state index is 12.6. The second-order valence-electron chi connectivity index (χ2n) is 5.32. The third-order valence-corrected chi connectivity index (χ3v) is 3.84. The highest BCUT2D eigenvalue weighted by molar-refractivity contribution is 6.04. The van der Waals surface area contributed by atoms with Gasteiger partial charge in [0.05, 0.1) is 10.8 Å². The Morgan fingerprint density at radius 1 is 0.458 bits per heavy atom. The Bertz CT molecular complexity index is 1150. The lowest BCUT2D eigenvalue weighted by Crippen LogP contribution is -2.00. The van der Waals surface area contributed by atoms with Crippen molar-refractivity contribution in [2.75, 3.05) is 0 Å². The standard InChI is InChI=1S/C20H12O4/c21-19-15-9-3-1-7-13(15)14-8-2-4-10-16(14)20(22)24-18-12-6-5-11-17(18)23-19/h1-12H. The molecule has 1 heterocycles. The maximum Gasteiger partial charge on any atom is 0.344 e. The molecule has 4 rings (SSSR count). The maximum absolute atomic E-state index is 12.6. The van der Waals surface area contributed by atoms with Crippen LogP contribution < -0.4 is 11.3 Å². The molecule has 0 unspecified atom stereocenters. The predicted octanol–water partition coefficient (Wildman–Crippen LogP) is 4.18. The Morgan fingerprint density at radius 3 is 1.21 bits per heavy atom. The van der Waals surface area contributed by atoms with Gasteiger partial charge in [-0.25, -0.2) is 9.59 Å². The topological polar surface area (TPSA) is 60.4 Å². The zero-order chi connectivity index (χ0) is 16.5. The third kappa shape index (κ3) is 2.34. The zero-order valence-corrected chi connectivity index (χ0v) is 12.6. The highest BCUT2D eigenvalue weighted by Gasteiger charge is 2.05. The molecular formula is C20H12O4. The van der Waals surface area contributed by atoms with Gasteiger partial charge in [-0.05, 0) is 35.0 Å². The zero-order valence-electron chi connectivity index (χ0n) is 12.6. The summed E-state index contributed by atoms with van der Waals surface area (Å²) >= 11 is 0. The molecule has 0 bridgehead atoms. The molecule has 0 saturated carbocycles. The van der Waals surface area contributed by atoms with E-state index in [0.29, 0.717) is 21.5 Å². The Kier molecular flexibility index (Phi) is 3.35. The molecule has 4 nitrogen and oxygen atoms in total. The Labute approximate surface area is 135 Å². The van der Waals surface area contributed by atoms with Crippen LogP contribution in [0.5, 0.6) is 0 Å². The normalized spacial score (nSPS) is 10.8. The summed E-state index contributed by atoms with van der Waals surface area (Å²) in [6.45, 7) is 0. The van der Waals surface area contributed by atoms with Crippen LogP contribution in [-0.2, 0) is 0 Å². The van der Waals surface area contributed by atoms with Crippen molar-refractivity contribution in [2.45, 2.75) is 0 Å². The van der Waals surface area contributed by atoms with Crippen LogP contribution in [0.4, 0.5) is 0 Å². The fourth-order valence-corrected chi connectivity index (χ4v) is 2.72. The molecule has 0 aliphatic carbocycles. The van der Waals surface area contributed by atoms with Gasteiger partial charge < -0.3 is 8.83 Å². The lowest BCUT2D eigenvalue weighted by atomic mass is 10.1. The molecule has 0 amide bonds. The molecule has 1 aromatic heterocycles. The number of para-hydroxylation sites is 2. The molecule has 0 aliphatic rings. The smallest absolute Gasteiger partial charge is 0.344 e. The van der Waals surface area contributed by atoms with E-state index in [9.17, 15) is 9.59 Å². The van der Waals surface area contributed by atoms with Crippen LogP contribution >= 0.6 is 0 Å². The average molecular weight is 316 g/mol. The minimum Gasteiger partial charge on any atom is -0.419 e. The second-order valence-corrected chi connectivity index (χ2v) is 5.32. The molecule has 4 heteroatoms. The van der Waals surface area contributed by atoms with Crippen LogP contribution in [0, 0.1) is 0 Å². The Balaban J connectivity index is 2.45. The first-order chi connectivity index (χ1) is 11.7. The molecule has 0 saturated heterocycles. The average Bonchev–Trinajstić information content (AvgIpc) is 2.63. The van der Waals surface area contributed by atoms with Crippen LogP contribution in [-0.4, -0.2) is 0 Å². The summed E-state index contributed by atoms with van der Waals surface area (Å²) in [6.07, 6.45) is 0. The highest BCUT2D eigenvalue weighted by atomic mass is 16.4. The monoisotopic (exact) mass is 316 g/mol. The van der Waals surface area contributed by atoms with E-state index in [1.807, 2.05) is 12.1 Å². The second kappa shape index (κ2) is 5.66. The van der Waals surface area contributed by atoms with Gasteiger partial charge >= 0.3 is 11.3 Å². The van der Waals surface area contributed by atoms with E-state index >= 15 is 0 Å². The van der Waals surface area contributed by atoms with Crippen LogP contribution in [0.25, 0.3) is 32.7 Å². The van der Waals surface area contributed by atoms with E-state index in [4.69, 9.17) is 8.83 Å². The molecule has 0 spiro atoms. The number of benzene rings is 3. The van der Waals surface area contributed by atoms with Gasteiger partial charge in [-0.2, -0.15) is 0 Å². The van der Waals surface area contributed by atoms with E-state index in [1.165, 1.54) is 0 Å². The molecule has 0 N–H and O–H groups in total. The lowest BCUT2D eigenvalue weighted by molar-refractivity contribution is 0.534. The predicted molar refractivity (Wildman–Crippen MR) is 93.7 cm³/mol. The van der Waals surface area contributed by atoms with Crippen molar-refractivity contribution in [3.8, 4) is 0 Å². The van der Waals surface area contributed by atoms with Crippen molar-refractivity contribution in [1.82, 2.24) is 0 Å². The molecule has 0 aliphatic heterocycles. The van der Waals surface area contributed by atoms with Crippen LogP contribution in [0.15, 0.2) is 91.2 Å². The largest absolute Gasteiger partial charge is 0.419 e. The molecule has 0 radical (unpaired) electrons. The summed E-state index contributed by atoms with van der Waals surface area (Å²) in [4.78, 5) is 25.2. The summed E-state index contributed by atoms with van der Waals surface area (Å²) in [7, 11) is 0. The van der Waals surface area contributed by atoms with Gasteiger partial charge in [-0.3, -0.25) is 0 Å². The summed E-state index contributed by atoms with van der Waals surface area (Å²) in [5, 5.41) is 2.06. The first-order valence-electron chi connectivity index (χ1n) is 7.46. The van der Waals surface area contributed by atoms with E-state index in [-0.39, 0.29) is 11.2 Å². The molecule has 0 atom stereocenters. The highest BCUT2D eigenvalue weighted by Crippen LogP contribution is 2.19. The molecule has 24 heavy (non-hydrogen) atoms. The van der Waals surface area contributed by atoms with Crippen LogP contribution in [0.1, 0.15) is 0 Å². The van der Waals surface area contributed by atoms with Crippen molar-refractivity contribution >= 4 is 32.7 Å². The van der Waals surface area contributed by atoms with Gasteiger partial charge in [0.1, 0.15) is 0 Å². The Hall–Kier alpha value is -3.40. The molecule has 4 aromatic rings. The molecule has 3 aromatic carbocycles. The van der Waals surface area contributed by atoms with Crippen molar-refractivity contribution in [2.24, 2.45) is 0 Å². The third-order valence-electron chi connectivity index (χ3n) is 3.84.